The van der Waals surface area contributed by atoms with E-state index in [1.807, 2.05) is 0 Å². The zero-order valence-corrected chi connectivity index (χ0v) is 15.1. The van der Waals surface area contributed by atoms with E-state index in [0.29, 0.717) is 0 Å². The number of rotatable bonds is 2. The second-order valence-corrected chi connectivity index (χ2v) is 5.58. The molecule has 0 unspecified atom stereocenters. The first kappa shape index (κ1) is 13.9. The van der Waals surface area contributed by atoms with Crippen molar-refractivity contribution in [3.05, 3.63) is 76.9 Å². The third-order valence-corrected chi connectivity index (χ3v) is 4.31. The van der Waals surface area contributed by atoms with Crippen LogP contribution in [0.3, 0.4) is 0 Å². The molecule has 0 spiro atoms. The average Bonchev–Trinajstić information content (AvgIpc) is 3.05. The van der Waals surface area contributed by atoms with Gasteiger partial charge in [0.2, 0.25) is 0 Å². The Morgan fingerprint density at radius 1 is 0.900 bits per heavy atom. The van der Waals surface area contributed by atoms with Crippen LogP contribution in [0.2, 0.25) is 0 Å². The SMILES string of the molecule is [Hf].c1ccc(C[c-]2ccc3cc4c(cc32)CCC4)cc1. The summed E-state index contributed by atoms with van der Waals surface area (Å²) < 4.78 is 0. The average molecular weight is 424 g/mol. The Kier molecular flexibility index (Phi) is 3.98. The second-order valence-electron chi connectivity index (χ2n) is 5.58. The summed E-state index contributed by atoms with van der Waals surface area (Å²) in [5.74, 6) is 0. The molecule has 0 atom stereocenters. The van der Waals surface area contributed by atoms with Crippen LogP contribution >= 0.6 is 0 Å². The topological polar surface area (TPSA) is 0 Å². The molecule has 0 N–H and O–H groups in total. The van der Waals surface area contributed by atoms with Crippen molar-refractivity contribution in [2.45, 2.75) is 25.7 Å². The van der Waals surface area contributed by atoms with E-state index in [0.717, 1.165) is 6.42 Å². The Balaban J connectivity index is 0.00000121. The summed E-state index contributed by atoms with van der Waals surface area (Å²) in [6, 6.07) is 20.2. The van der Waals surface area contributed by atoms with Crippen LogP contribution in [0.1, 0.15) is 28.7 Å². The standard InChI is InChI=1S/C19H17.Hf/c1-2-5-14(6-3-1)11-17-9-10-18-12-15-7-4-8-16(15)13-19(17)18;/h1-3,5-6,9-10,12-13H,4,7-8,11H2;/q-1;. The maximum absolute atomic E-state index is 2.44. The number of hydrogen-bond donors (Lipinski definition) is 0. The Labute approximate surface area is 139 Å². The van der Waals surface area contributed by atoms with Crippen LogP contribution in [-0.4, -0.2) is 0 Å². The summed E-state index contributed by atoms with van der Waals surface area (Å²) in [4.78, 5) is 0. The minimum absolute atomic E-state index is 0. The van der Waals surface area contributed by atoms with E-state index in [4.69, 9.17) is 0 Å². The Morgan fingerprint density at radius 3 is 2.45 bits per heavy atom. The van der Waals surface area contributed by atoms with Crippen molar-refractivity contribution in [1.29, 1.82) is 0 Å². The predicted molar refractivity (Wildman–Crippen MR) is 80.8 cm³/mol. The molecule has 0 saturated heterocycles. The van der Waals surface area contributed by atoms with Crippen LogP contribution in [0.15, 0.2) is 54.6 Å². The summed E-state index contributed by atoms with van der Waals surface area (Å²) in [5, 5.41) is 2.89. The fourth-order valence-corrected chi connectivity index (χ4v) is 3.31. The van der Waals surface area contributed by atoms with Crippen molar-refractivity contribution in [2.75, 3.05) is 0 Å². The van der Waals surface area contributed by atoms with Crippen LogP contribution < -0.4 is 0 Å². The van der Waals surface area contributed by atoms with Crippen LogP contribution in [0.5, 0.6) is 0 Å². The molecule has 1 heteroatoms. The monoisotopic (exact) mass is 425 g/mol. The summed E-state index contributed by atoms with van der Waals surface area (Å²) in [5.41, 5.74) is 6.02. The van der Waals surface area contributed by atoms with E-state index in [9.17, 15) is 0 Å². The zero-order chi connectivity index (χ0) is 12.7. The van der Waals surface area contributed by atoms with Crippen LogP contribution in [0.25, 0.3) is 10.8 Å². The molecule has 0 radical (unpaired) electrons. The smallest absolute Gasteiger partial charge is 0 e. The Hall–Kier alpha value is -1.08. The molecule has 0 saturated carbocycles. The van der Waals surface area contributed by atoms with E-state index in [1.54, 1.807) is 11.1 Å². The van der Waals surface area contributed by atoms with Gasteiger partial charge in [-0.3, -0.25) is 0 Å². The molecule has 1 aliphatic carbocycles. The summed E-state index contributed by atoms with van der Waals surface area (Å²) in [7, 11) is 0. The molecule has 0 nitrogen and oxygen atoms in total. The molecule has 0 fully saturated rings. The summed E-state index contributed by atoms with van der Waals surface area (Å²) in [6.45, 7) is 0. The quantitative estimate of drug-likeness (QED) is 0.416. The third-order valence-electron chi connectivity index (χ3n) is 4.31. The van der Waals surface area contributed by atoms with Crippen molar-refractivity contribution in [2.24, 2.45) is 0 Å². The minimum Gasteiger partial charge on any atom is -0.168 e. The van der Waals surface area contributed by atoms with Crippen LogP contribution in [-0.2, 0) is 45.1 Å². The van der Waals surface area contributed by atoms with Gasteiger partial charge < -0.3 is 0 Å². The van der Waals surface area contributed by atoms with Crippen molar-refractivity contribution in [1.82, 2.24) is 0 Å². The molecule has 4 rings (SSSR count). The van der Waals surface area contributed by atoms with Crippen LogP contribution in [0.4, 0.5) is 0 Å². The first-order valence-electron chi connectivity index (χ1n) is 7.14. The van der Waals surface area contributed by atoms with Gasteiger partial charge >= 0.3 is 0 Å². The van der Waals surface area contributed by atoms with Gasteiger partial charge in [0, 0.05) is 25.8 Å². The molecule has 20 heavy (non-hydrogen) atoms. The van der Waals surface area contributed by atoms with E-state index >= 15 is 0 Å². The molecule has 0 aromatic heterocycles. The first-order chi connectivity index (χ1) is 9.40. The Morgan fingerprint density at radius 2 is 1.65 bits per heavy atom. The minimum atomic E-state index is 0. The van der Waals surface area contributed by atoms with Crippen molar-refractivity contribution in [3.63, 3.8) is 0 Å². The van der Waals surface area contributed by atoms with E-state index < -0.39 is 0 Å². The van der Waals surface area contributed by atoms with Gasteiger partial charge in [0.1, 0.15) is 0 Å². The zero-order valence-electron chi connectivity index (χ0n) is 11.5. The van der Waals surface area contributed by atoms with Gasteiger partial charge in [-0.15, -0.1) is 34.5 Å². The van der Waals surface area contributed by atoms with Crippen molar-refractivity contribution < 1.29 is 25.8 Å². The molecule has 0 heterocycles. The van der Waals surface area contributed by atoms with Gasteiger partial charge in [-0.25, -0.2) is 0 Å². The van der Waals surface area contributed by atoms with E-state index in [2.05, 4.69) is 54.6 Å². The van der Waals surface area contributed by atoms with Gasteiger partial charge in [0.05, 0.1) is 0 Å². The fraction of sp³-hybridized carbons (Fsp3) is 0.211. The van der Waals surface area contributed by atoms with E-state index in [1.165, 1.54) is 41.2 Å². The van der Waals surface area contributed by atoms with Gasteiger partial charge in [-0.05, 0) is 25.7 Å². The third kappa shape index (κ3) is 2.44. The molecular formula is C19H17Hf-. The molecule has 0 bridgehead atoms. The summed E-state index contributed by atoms with van der Waals surface area (Å²) in [6.07, 6.45) is 4.91. The van der Waals surface area contributed by atoms with Crippen LogP contribution in [0, 0.1) is 0 Å². The van der Waals surface area contributed by atoms with Crippen molar-refractivity contribution >= 4 is 10.8 Å². The molecular weight excluding hydrogens is 407 g/mol. The van der Waals surface area contributed by atoms with Crippen molar-refractivity contribution in [3.8, 4) is 0 Å². The first-order valence-corrected chi connectivity index (χ1v) is 7.14. The Bertz CT molecular complexity index is 722. The molecule has 98 valence electrons. The maximum atomic E-state index is 2.44. The molecule has 3 aromatic carbocycles. The predicted octanol–water partition coefficient (Wildman–Crippen LogP) is 4.64. The largest absolute Gasteiger partial charge is 0.168 e. The molecule has 0 amide bonds. The maximum Gasteiger partial charge on any atom is 0 e. The van der Waals surface area contributed by atoms with Gasteiger partial charge in [-0.2, -0.15) is 6.07 Å². The normalized spacial score (nSPS) is 13.2. The molecule has 3 aromatic rings. The molecule has 0 aliphatic heterocycles. The second kappa shape index (κ2) is 5.73. The number of aryl methyl sites for hydroxylation is 2. The summed E-state index contributed by atoms with van der Waals surface area (Å²) >= 11 is 0. The molecule has 1 aliphatic rings. The van der Waals surface area contributed by atoms with Gasteiger partial charge in [-0.1, -0.05) is 47.0 Å². The van der Waals surface area contributed by atoms with Gasteiger partial charge in [0.15, 0.2) is 0 Å². The van der Waals surface area contributed by atoms with Gasteiger partial charge in [0.25, 0.3) is 0 Å². The number of benzene rings is 2. The van der Waals surface area contributed by atoms with E-state index in [-0.39, 0.29) is 25.8 Å². The fourth-order valence-electron chi connectivity index (χ4n) is 3.31. The number of fused-ring (bicyclic) bond motifs is 2. The number of hydrogen-bond acceptors (Lipinski definition) is 0.